The molecule has 0 spiro atoms. The zero-order valence-corrected chi connectivity index (χ0v) is 17.3. The summed E-state index contributed by atoms with van der Waals surface area (Å²) in [5.41, 5.74) is 3.18. The number of nitrogens with one attached hydrogen (secondary N) is 1. The first-order valence-corrected chi connectivity index (χ1v) is 10.2. The Morgan fingerprint density at radius 2 is 1.44 bits per heavy atom. The molecule has 156 valence electrons. The first-order chi connectivity index (χ1) is 15.5. The maximum Gasteiger partial charge on any atom is 0.282 e. The Hall–Kier alpha value is -4.25. The van der Waals surface area contributed by atoms with E-state index in [2.05, 4.69) is 5.32 Å². The van der Waals surface area contributed by atoms with Crippen LogP contribution in [0.4, 0.5) is 15.8 Å². The van der Waals surface area contributed by atoms with Gasteiger partial charge in [0.2, 0.25) is 0 Å². The van der Waals surface area contributed by atoms with Gasteiger partial charge in [0, 0.05) is 11.1 Å². The molecule has 4 aromatic carbocycles. The minimum Gasteiger partial charge on any atom is -0.350 e. The highest BCUT2D eigenvalue weighted by molar-refractivity contribution is 6.47. The minimum atomic E-state index is -0.453. The van der Waals surface area contributed by atoms with Gasteiger partial charge in [0.25, 0.3) is 11.8 Å². The first kappa shape index (κ1) is 19.7. The van der Waals surface area contributed by atoms with Crippen molar-refractivity contribution in [3.8, 4) is 0 Å². The smallest absolute Gasteiger partial charge is 0.282 e. The Morgan fingerprint density at radius 1 is 0.750 bits per heavy atom. The second kappa shape index (κ2) is 7.78. The van der Waals surface area contributed by atoms with Crippen LogP contribution >= 0.6 is 0 Å². The standard InChI is InChI=1S/C27H19FN2O2/c1-17-9-11-19(12-10-17)24-25(29-21-15-13-20(28)14-16-21)27(32)30(26(24)31)23-8-4-6-18-5-2-3-7-22(18)23/h2-16,29H,1H3. The quantitative estimate of drug-likeness (QED) is 0.430. The molecule has 0 aromatic heterocycles. The summed E-state index contributed by atoms with van der Waals surface area (Å²) in [5.74, 6) is -1.24. The number of carbonyl (C=O) groups is 2. The molecule has 0 saturated carbocycles. The third-order valence-electron chi connectivity index (χ3n) is 5.55. The van der Waals surface area contributed by atoms with Gasteiger partial charge < -0.3 is 5.32 Å². The van der Waals surface area contributed by atoms with Crippen molar-refractivity contribution < 1.29 is 14.0 Å². The summed E-state index contributed by atoms with van der Waals surface area (Å²) in [6.45, 7) is 1.96. The van der Waals surface area contributed by atoms with Crippen LogP contribution < -0.4 is 10.2 Å². The number of halogens is 1. The Morgan fingerprint density at radius 3 is 2.19 bits per heavy atom. The fraction of sp³-hybridized carbons (Fsp3) is 0.0370. The highest BCUT2D eigenvalue weighted by atomic mass is 19.1. The van der Waals surface area contributed by atoms with Crippen molar-refractivity contribution in [3.63, 3.8) is 0 Å². The van der Waals surface area contributed by atoms with Crippen molar-refractivity contribution in [2.24, 2.45) is 0 Å². The number of rotatable bonds is 4. The Bertz CT molecular complexity index is 1380. The first-order valence-electron chi connectivity index (χ1n) is 10.2. The van der Waals surface area contributed by atoms with Gasteiger partial charge in [-0.05, 0) is 48.2 Å². The number of anilines is 2. The van der Waals surface area contributed by atoms with Crippen molar-refractivity contribution in [2.75, 3.05) is 10.2 Å². The fourth-order valence-electron chi connectivity index (χ4n) is 3.93. The fourth-order valence-corrected chi connectivity index (χ4v) is 3.93. The Kier molecular flexibility index (Phi) is 4.79. The van der Waals surface area contributed by atoms with E-state index in [1.54, 1.807) is 6.07 Å². The lowest BCUT2D eigenvalue weighted by molar-refractivity contribution is -0.120. The number of fused-ring (bicyclic) bond motifs is 1. The number of carbonyl (C=O) groups excluding carboxylic acids is 2. The normalized spacial score (nSPS) is 13.9. The molecule has 0 aliphatic carbocycles. The molecule has 1 N–H and O–H groups in total. The SMILES string of the molecule is Cc1ccc(C2=C(Nc3ccc(F)cc3)C(=O)N(c3cccc4ccccc34)C2=O)cc1. The summed E-state index contributed by atoms with van der Waals surface area (Å²) < 4.78 is 13.4. The van der Waals surface area contributed by atoms with Gasteiger partial charge in [-0.25, -0.2) is 9.29 Å². The molecule has 0 unspecified atom stereocenters. The number of benzene rings is 4. The van der Waals surface area contributed by atoms with Gasteiger partial charge >= 0.3 is 0 Å². The second-order valence-corrected chi connectivity index (χ2v) is 7.69. The molecule has 2 amide bonds. The highest BCUT2D eigenvalue weighted by Gasteiger charge is 2.40. The number of nitrogens with zero attached hydrogens (tertiary/aromatic N) is 1. The van der Waals surface area contributed by atoms with Gasteiger partial charge in [0.15, 0.2) is 0 Å². The van der Waals surface area contributed by atoms with E-state index in [0.29, 0.717) is 16.9 Å². The van der Waals surface area contributed by atoms with Gasteiger partial charge in [-0.1, -0.05) is 66.2 Å². The van der Waals surface area contributed by atoms with Crippen LogP contribution in [-0.4, -0.2) is 11.8 Å². The lowest BCUT2D eigenvalue weighted by Gasteiger charge is -2.18. The van der Waals surface area contributed by atoms with Crippen LogP contribution in [-0.2, 0) is 9.59 Å². The van der Waals surface area contributed by atoms with E-state index < -0.39 is 11.8 Å². The van der Waals surface area contributed by atoms with Crippen LogP contribution in [0.5, 0.6) is 0 Å². The molecular formula is C27H19FN2O2. The van der Waals surface area contributed by atoms with Gasteiger partial charge in [-0.15, -0.1) is 0 Å². The molecule has 32 heavy (non-hydrogen) atoms. The van der Waals surface area contributed by atoms with Crippen LogP contribution in [0.25, 0.3) is 16.3 Å². The zero-order chi connectivity index (χ0) is 22.2. The maximum absolute atomic E-state index is 13.6. The number of imide groups is 1. The van der Waals surface area contributed by atoms with E-state index in [0.717, 1.165) is 16.3 Å². The van der Waals surface area contributed by atoms with Gasteiger partial charge in [-0.2, -0.15) is 0 Å². The van der Waals surface area contributed by atoms with Crippen molar-refractivity contribution >= 4 is 39.5 Å². The van der Waals surface area contributed by atoms with Gasteiger partial charge in [-0.3, -0.25) is 9.59 Å². The summed E-state index contributed by atoms with van der Waals surface area (Å²) >= 11 is 0. The highest BCUT2D eigenvalue weighted by Crippen LogP contribution is 2.37. The number of hydrogen-bond acceptors (Lipinski definition) is 3. The third-order valence-corrected chi connectivity index (χ3v) is 5.55. The van der Waals surface area contributed by atoms with Crippen LogP contribution in [0.1, 0.15) is 11.1 Å². The van der Waals surface area contributed by atoms with E-state index >= 15 is 0 Å². The average Bonchev–Trinajstić information content (AvgIpc) is 3.05. The van der Waals surface area contributed by atoms with E-state index in [-0.39, 0.29) is 17.1 Å². The lowest BCUT2D eigenvalue weighted by Crippen LogP contribution is -2.32. The van der Waals surface area contributed by atoms with Crippen molar-refractivity contribution in [3.05, 3.63) is 114 Å². The van der Waals surface area contributed by atoms with Crippen LogP contribution in [0.15, 0.2) is 96.7 Å². The third kappa shape index (κ3) is 3.34. The van der Waals surface area contributed by atoms with E-state index in [4.69, 9.17) is 0 Å². The van der Waals surface area contributed by atoms with E-state index in [9.17, 15) is 14.0 Å². The van der Waals surface area contributed by atoms with E-state index in [1.165, 1.54) is 29.2 Å². The predicted octanol–water partition coefficient (Wildman–Crippen LogP) is 5.68. The molecule has 1 aliphatic rings. The van der Waals surface area contributed by atoms with Crippen LogP contribution in [0, 0.1) is 12.7 Å². The van der Waals surface area contributed by atoms with E-state index in [1.807, 2.05) is 67.6 Å². The number of aryl methyl sites for hydroxylation is 1. The monoisotopic (exact) mass is 422 g/mol. The topological polar surface area (TPSA) is 49.4 Å². The van der Waals surface area contributed by atoms with Crippen molar-refractivity contribution in [1.82, 2.24) is 0 Å². The zero-order valence-electron chi connectivity index (χ0n) is 17.3. The Labute approximate surface area is 184 Å². The molecule has 0 bridgehead atoms. The molecule has 0 fully saturated rings. The molecule has 0 saturated heterocycles. The summed E-state index contributed by atoms with van der Waals surface area (Å²) in [4.78, 5) is 28.5. The van der Waals surface area contributed by atoms with Crippen molar-refractivity contribution in [1.29, 1.82) is 0 Å². The number of amides is 2. The maximum atomic E-state index is 13.6. The summed E-state index contributed by atoms with van der Waals surface area (Å²) in [6, 6.07) is 26.3. The molecule has 0 radical (unpaired) electrons. The number of hydrogen-bond donors (Lipinski definition) is 1. The lowest BCUT2D eigenvalue weighted by atomic mass is 10.0. The Balaban J connectivity index is 1.66. The van der Waals surface area contributed by atoms with Crippen LogP contribution in [0.3, 0.4) is 0 Å². The predicted molar refractivity (Wildman–Crippen MR) is 125 cm³/mol. The average molecular weight is 422 g/mol. The second-order valence-electron chi connectivity index (χ2n) is 7.69. The summed E-state index contributed by atoms with van der Waals surface area (Å²) in [5, 5.41) is 4.80. The molecule has 4 nitrogen and oxygen atoms in total. The molecule has 5 heteroatoms. The van der Waals surface area contributed by atoms with Crippen LogP contribution in [0.2, 0.25) is 0 Å². The molecule has 4 aromatic rings. The molecular weight excluding hydrogens is 403 g/mol. The van der Waals surface area contributed by atoms with Crippen molar-refractivity contribution in [2.45, 2.75) is 6.92 Å². The minimum absolute atomic E-state index is 0.165. The molecule has 5 rings (SSSR count). The van der Waals surface area contributed by atoms with Gasteiger partial charge in [0.05, 0.1) is 11.3 Å². The molecule has 1 aliphatic heterocycles. The largest absolute Gasteiger partial charge is 0.350 e. The molecule has 0 atom stereocenters. The van der Waals surface area contributed by atoms with Gasteiger partial charge in [0.1, 0.15) is 11.5 Å². The molecule has 1 heterocycles. The summed E-state index contributed by atoms with van der Waals surface area (Å²) in [6.07, 6.45) is 0. The summed E-state index contributed by atoms with van der Waals surface area (Å²) in [7, 11) is 0.